The molecule has 0 spiro atoms. The van der Waals surface area contributed by atoms with Gasteiger partial charge in [-0.3, -0.25) is 0 Å². The second-order valence-electron chi connectivity index (χ2n) is 8.14. The standard InChI is InChI=1S/C31H24INO/c1-23-10-18-30(19-11-23)34-31-20-16-28(17-21-31)33(29-9-5-8-26(32)22-29)27-14-12-25(13-15-27)24-6-3-2-4-7-24/h2-22H,1H3. The molecule has 5 aromatic carbocycles. The Hall–Kier alpha value is -3.57. The molecule has 3 heteroatoms. The van der Waals surface area contributed by atoms with Crippen molar-refractivity contribution in [1.29, 1.82) is 0 Å². The summed E-state index contributed by atoms with van der Waals surface area (Å²) in [5.74, 6) is 1.65. The van der Waals surface area contributed by atoms with E-state index in [4.69, 9.17) is 4.74 Å². The smallest absolute Gasteiger partial charge is 0.127 e. The third-order valence-electron chi connectivity index (χ3n) is 5.65. The molecule has 5 rings (SSSR count). The highest BCUT2D eigenvalue weighted by Gasteiger charge is 2.13. The van der Waals surface area contributed by atoms with Gasteiger partial charge >= 0.3 is 0 Å². The minimum Gasteiger partial charge on any atom is -0.457 e. The Labute approximate surface area is 214 Å². The number of ether oxygens (including phenoxy) is 1. The van der Waals surface area contributed by atoms with E-state index in [2.05, 4.69) is 131 Å². The van der Waals surface area contributed by atoms with Crippen LogP contribution in [0.2, 0.25) is 0 Å². The van der Waals surface area contributed by atoms with E-state index in [-0.39, 0.29) is 0 Å². The highest BCUT2D eigenvalue weighted by atomic mass is 127. The minimum atomic E-state index is 0.814. The predicted molar refractivity (Wildman–Crippen MR) is 151 cm³/mol. The first-order valence-electron chi connectivity index (χ1n) is 11.2. The second kappa shape index (κ2) is 10.1. The maximum absolute atomic E-state index is 6.04. The Morgan fingerprint density at radius 1 is 0.529 bits per heavy atom. The van der Waals surface area contributed by atoms with E-state index in [9.17, 15) is 0 Å². The highest BCUT2D eigenvalue weighted by Crippen LogP contribution is 2.37. The van der Waals surface area contributed by atoms with Gasteiger partial charge in [0, 0.05) is 20.6 Å². The van der Waals surface area contributed by atoms with Crippen molar-refractivity contribution in [2.24, 2.45) is 0 Å². The van der Waals surface area contributed by atoms with Crippen LogP contribution in [-0.2, 0) is 0 Å². The quantitative estimate of drug-likeness (QED) is 0.194. The molecule has 0 bridgehead atoms. The van der Waals surface area contributed by atoms with Gasteiger partial charge in [0.2, 0.25) is 0 Å². The summed E-state index contributed by atoms with van der Waals surface area (Å²) in [7, 11) is 0. The summed E-state index contributed by atoms with van der Waals surface area (Å²) in [5.41, 5.74) is 6.93. The van der Waals surface area contributed by atoms with E-state index in [1.807, 2.05) is 30.3 Å². The van der Waals surface area contributed by atoms with Crippen molar-refractivity contribution in [3.8, 4) is 22.6 Å². The molecule has 0 aliphatic carbocycles. The fourth-order valence-electron chi connectivity index (χ4n) is 3.90. The van der Waals surface area contributed by atoms with Gasteiger partial charge in [0.1, 0.15) is 11.5 Å². The molecule has 2 nitrogen and oxygen atoms in total. The van der Waals surface area contributed by atoms with Crippen LogP contribution in [0.25, 0.3) is 11.1 Å². The number of halogens is 1. The van der Waals surface area contributed by atoms with Crippen LogP contribution in [0.5, 0.6) is 11.5 Å². The number of benzene rings is 5. The Bertz CT molecular complexity index is 1360. The monoisotopic (exact) mass is 553 g/mol. The van der Waals surface area contributed by atoms with Gasteiger partial charge in [-0.05, 0) is 107 Å². The van der Waals surface area contributed by atoms with Crippen LogP contribution >= 0.6 is 22.6 Å². The number of rotatable bonds is 6. The average molecular weight is 553 g/mol. The van der Waals surface area contributed by atoms with E-state index in [0.29, 0.717) is 0 Å². The van der Waals surface area contributed by atoms with Crippen molar-refractivity contribution in [2.75, 3.05) is 4.90 Å². The third kappa shape index (κ3) is 5.15. The van der Waals surface area contributed by atoms with Crippen molar-refractivity contribution in [3.05, 3.63) is 137 Å². The zero-order valence-electron chi connectivity index (χ0n) is 18.9. The molecule has 0 aliphatic rings. The molecule has 0 radical (unpaired) electrons. The molecular formula is C31H24INO. The van der Waals surface area contributed by atoms with Gasteiger partial charge in [0.15, 0.2) is 0 Å². The summed E-state index contributed by atoms with van der Waals surface area (Å²) >= 11 is 2.36. The van der Waals surface area contributed by atoms with Gasteiger partial charge in [-0.15, -0.1) is 0 Å². The summed E-state index contributed by atoms with van der Waals surface area (Å²) in [4.78, 5) is 2.27. The maximum atomic E-state index is 6.04. The van der Waals surface area contributed by atoms with Gasteiger partial charge in [0.25, 0.3) is 0 Å². The lowest BCUT2D eigenvalue weighted by Crippen LogP contribution is -2.10. The van der Waals surface area contributed by atoms with Crippen molar-refractivity contribution < 1.29 is 4.74 Å². The maximum Gasteiger partial charge on any atom is 0.127 e. The summed E-state index contributed by atoms with van der Waals surface area (Å²) in [6.45, 7) is 2.07. The Balaban J connectivity index is 1.47. The van der Waals surface area contributed by atoms with Gasteiger partial charge < -0.3 is 9.64 Å². The molecule has 0 aliphatic heterocycles. The Morgan fingerprint density at radius 2 is 1.09 bits per heavy atom. The van der Waals surface area contributed by atoms with Gasteiger partial charge in [-0.1, -0.05) is 66.2 Å². The molecule has 0 saturated heterocycles. The van der Waals surface area contributed by atoms with Crippen LogP contribution in [0, 0.1) is 10.5 Å². The summed E-state index contributed by atoms with van der Waals surface area (Å²) < 4.78 is 7.24. The van der Waals surface area contributed by atoms with Crippen LogP contribution in [0.15, 0.2) is 127 Å². The SMILES string of the molecule is Cc1ccc(Oc2ccc(N(c3ccc(-c4ccccc4)cc3)c3cccc(I)c3)cc2)cc1. The van der Waals surface area contributed by atoms with E-state index < -0.39 is 0 Å². The molecule has 0 fully saturated rings. The van der Waals surface area contributed by atoms with Gasteiger partial charge in [-0.2, -0.15) is 0 Å². The predicted octanol–water partition coefficient (Wildman–Crippen LogP) is 9.53. The molecule has 0 heterocycles. The molecule has 166 valence electrons. The zero-order chi connectivity index (χ0) is 23.3. The van der Waals surface area contributed by atoms with Crippen molar-refractivity contribution in [3.63, 3.8) is 0 Å². The molecule has 0 N–H and O–H groups in total. The average Bonchev–Trinajstić information content (AvgIpc) is 2.88. The van der Waals surface area contributed by atoms with Crippen molar-refractivity contribution >= 4 is 39.7 Å². The van der Waals surface area contributed by atoms with Crippen LogP contribution in [0.4, 0.5) is 17.1 Å². The first-order chi connectivity index (χ1) is 16.7. The topological polar surface area (TPSA) is 12.5 Å². The van der Waals surface area contributed by atoms with Crippen LogP contribution in [-0.4, -0.2) is 0 Å². The van der Waals surface area contributed by atoms with E-state index >= 15 is 0 Å². The van der Waals surface area contributed by atoms with Crippen molar-refractivity contribution in [1.82, 2.24) is 0 Å². The number of anilines is 3. The normalized spacial score (nSPS) is 10.6. The molecule has 0 unspecified atom stereocenters. The lowest BCUT2D eigenvalue weighted by Gasteiger charge is -2.26. The lowest BCUT2D eigenvalue weighted by molar-refractivity contribution is 0.482. The van der Waals surface area contributed by atoms with Crippen LogP contribution in [0.1, 0.15) is 5.56 Å². The summed E-state index contributed by atoms with van der Waals surface area (Å²) in [6.07, 6.45) is 0. The Kier molecular flexibility index (Phi) is 6.63. The van der Waals surface area contributed by atoms with Crippen molar-refractivity contribution in [2.45, 2.75) is 6.92 Å². The van der Waals surface area contributed by atoms with Crippen LogP contribution < -0.4 is 9.64 Å². The fourth-order valence-corrected chi connectivity index (χ4v) is 4.43. The lowest BCUT2D eigenvalue weighted by atomic mass is 10.0. The largest absolute Gasteiger partial charge is 0.457 e. The first-order valence-corrected chi connectivity index (χ1v) is 12.3. The van der Waals surface area contributed by atoms with Gasteiger partial charge in [-0.25, -0.2) is 0 Å². The molecule has 0 atom stereocenters. The van der Waals surface area contributed by atoms with E-state index in [1.165, 1.54) is 20.3 Å². The number of nitrogens with zero attached hydrogens (tertiary/aromatic N) is 1. The third-order valence-corrected chi connectivity index (χ3v) is 6.32. The molecule has 0 aromatic heterocycles. The number of aryl methyl sites for hydroxylation is 1. The zero-order valence-corrected chi connectivity index (χ0v) is 21.0. The molecule has 0 amide bonds. The summed E-state index contributed by atoms with van der Waals surface area (Å²) in [5, 5.41) is 0. The fraction of sp³-hybridized carbons (Fsp3) is 0.0323. The molecule has 5 aromatic rings. The van der Waals surface area contributed by atoms with E-state index in [1.54, 1.807) is 0 Å². The number of hydrogen-bond donors (Lipinski definition) is 0. The second-order valence-corrected chi connectivity index (χ2v) is 9.38. The minimum absolute atomic E-state index is 0.814. The molecule has 0 saturated carbocycles. The summed E-state index contributed by atoms with van der Waals surface area (Å²) in [6, 6.07) is 44.1. The molecular weight excluding hydrogens is 529 g/mol. The van der Waals surface area contributed by atoms with Crippen LogP contribution in [0.3, 0.4) is 0 Å². The first kappa shape index (κ1) is 22.2. The number of hydrogen-bond acceptors (Lipinski definition) is 2. The Morgan fingerprint density at radius 3 is 1.71 bits per heavy atom. The van der Waals surface area contributed by atoms with E-state index in [0.717, 1.165) is 28.6 Å². The molecule has 34 heavy (non-hydrogen) atoms. The van der Waals surface area contributed by atoms with Gasteiger partial charge in [0.05, 0.1) is 0 Å². The highest BCUT2D eigenvalue weighted by molar-refractivity contribution is 14.1.